The van der Waals surface area contributed by atoms with Crippen molar-refractivity contribution < 1.29 is 19.0 Å². The van der Waals surface area contributed by atoms with Gasteiger partial charge in [0.25, 0.3) is 5.56 Å². The third-order valence-corrected chi connectivity index (χ3v) is 8.36. The molecule has 1 N–H and O–H groups in total. The molecule has 38 heavy (non-hydrogen) atoms. The number of alkyl halides is 1. The van der Waals surface area contributed by atoms with Gasteiger partial charge in [0.15, 0.2) is 5.60 Å². The van der Waals surface area contributed by atoms with Gasteiger partial charge in [-0.1, -0.05) is 6.92 Å². The number of anilines is 1. The average molecular weight is 521 g/mol. The first-order valence-electron chi connectivity index (χ1n) is 13.3. The smallest absolute Gasteiger partial charge is 0.343 e. The van der Waals surface area contributed by atoms with Crippen molar-refractivity contribution in [2.24, 2.45) is 5.92 Å². The fourth-order valence-corrected chi connectivity index (χ4v) is 6.52. The quantitative estimate of drug-likeness (QED) is 0.391. The number of carbonyl (C=O) groups is 1. The molecule has 3 aliphatic rings. The Morgan fingerprint density at radius 3 is 2.79 bits per heavy atom. The number of rotatable bonds is 6. The second-order valence-electron chi connectivity index (χ2n) is 11.0. The number of hydrogen-bond donors (Lipinski definition) is 1. The number of halogens is 1. The molecule has 6 rings (SSSR count). The molecule has 8 nitrogen and oxygen atoms in total. The number of carbonyl (C=O) groups excluding carboxylic acids is 1. The van der Waals surface area contributed by atoms with Crippen LogP contribution in [0.1, 0.15) is 42.0 Å². The summed E-state index contributed by atoms with van der Waals surface area (Å²) in [5, 5.41) is 12.2. The molecule has 1 fully saturated rings. The van der Waals surface area contributed by atoms with Gasteiger partial charge in [0.1, 0.15) is 6.61 Å². The third-order valence-electron chi connectivity index (χ3n) is 8.36. The van der Waals surface area contributed by atoms with E-state index in [-0.39, 0.29) is 23.3 Å². The summed E-state index contributed by atoms with van der Waals surface area (Å²) in [5.74, 6) is -0.281. The van der Waals surface area contributed by atoms with Crippen molar-refractivity contribution in [3.63, 3.8) is 0 Å². The van der Waals surface area contributed by atoms with Gasteiger partial charge in [-0.25, -0.2) is 9.78 Å². The number of fused-ring (bicyclic) bond motifs is 5. The zero-order valence-corrected chi connectivity index (χ0v) is 22.1. The second-order valence-corrected chi connectivity index (χ2v) is 11.0. The van der Waals surface area contributed by atoms with E-state index in [0.717, 1.165) is 48.1 Å². The van der Waals surface area contributed by atoms with Crippen LogP contribution in [0.25, 0.3) is 22.3 Å². The van der Waals surface area contributed by atoms with Crippen LogP contribution in [0.15, 0.2) is 29.1 Å². The molecule has 0 amide bonds. The normalized spacial score (nSPS) is 22.1. The van der Waals surface area contributed by atoms with Crippen LogP contribution in [0.3, 0.4) is 0 Å². The highest BCUT2D eigenvalue weighted by Gasteiger charge is 2.46. The Hall–Kier alpha value is -3.30. The Kier molecular flexibility index (Phi) is 6.03. The topological polar surface area (TPSA) is 87.9 Å². The van der Waals surface area contributed by atoms with E-state index in [4.69, 9.17) is 9.72 Å². The number of nitrogens with zero attached hydrogens (tertiary/aromatic N) is 4. The largest absolute Gasteiger partial charge is 0.458 e. The first kappa shape index (κ1) is 25.0. The van der Waals surface area contributed by atoms with Crippen LogP contribution in [-0.2, 0) is 34.7 Å². The van der Waals surface area contributed by atoms with E-state index in [9.17, 15) is 19.1 Å². The maximum absolute atomic E-state index is 13.5. The minimum atomic E-state index is -2.18. The zero-order chi connectivity index (χ0) is 26.8. The van der Waals surface area contributed by atoms with Gasteiger partial charge < -0.3 is 24.2 Å². The molecule has 3 aromatic rings. The number of hydrogen-bond acceptors (Lipinski definition) is 7. The maximum atomic E-state index is 13.5. The van der Waals surface area contributed by atoms with Crippen LogP contribution in [0, 0.1) is 5.92 Å². The first-order chi connectivity index (χ1) is 18.2. The van der Waals surface area contributed by atoms with E-state index in [2.05, 4.69) is 43.0 Å². The van der Waals surface area contributed by atoms with Crippen LogP contribution in [-0.4, -0.2) is 65.9 Å². The summed E-state index contributed by atoms with van der Waals surface area (Å²) in [5.41, 5.74) is 3.17. The number of pyridine rings is 2. The first-order valence-corrected chi connectivity index (χ1v) is 13.3. The molecule has 0 aliphatic carbocycles. The molecule has 0 bridgehead atoms. The number of benzene rings is 1. The second kappa shape index (κ2) is 9.17. The summed E-state index contributed by atoms with van der Waals surface area (Å²) >= 11 is 0. The molecule has 0 spiro atoms. The van der Waals surface area contributed by atoms with Crippen LogP contribution in [0.4, 0.5) is 10.1 Å². The Morgan fingerprint density at radius 2 is 2.05 bits per heavy atom. The fourth-order valence-electron chi connectivity index (χ4n) is 6.52. The molecule has 2 unspecified atom stereocenters. The van der Waals surface area contributed by atoms with Crippen molar-refractivity contribution in [2.45, 2.75) is 44.9 Å². The summed E-state index contributed by atoms with van der Waals surface area (Å²) < 4.78 is 20.1. The summed E-state index contributed by atoms with van der Waals surface area (Å²) in [7, 11) is 4.23. The van der Waals surface area contributed by atoms with E-state index in [1.165, 1.54) is 12.1 Å². The van der Waals surface area contributed by atoms with Crippen LogP contribution >= 0.6 is 0 Å². The van der Waals surface area contributed by atoms with Gasteiger partial charge in [-0.05, 0) is 62.7 Å². The van der Waals surface area contributed by atoms with Crippen LogP contribution < -0.4 is 10.5 Å². The summed E-state index contributed by atoms with van der Waals surface area (Å²) in [6.45, 7) is 4.44. The molecule has 9 heteroatoms. The maximum Gasteiger partial charge on any atom is 0.343 e. The van der Waals surface area contributed by atoms with Crippen LogP contribution in [0.2, 0.25) is 0 Å². The van der Waals surface area contributed by atoms with Gasteiger partial charge in [0.05, 0.1) is 35.7 Å². The van der Waals surface area contributed by atoms with E-state index in [0.29, 0.717) is 23.9 Å². The Balaban J connectivity index is 1.45. The highest BCUT2D eigenvalue weighted by atomic mass is 19.1. The number of aliphatic hydroxyl groups is 1. The molecule has 200 valence electrons. The molecular formula is C29H33FN4O4. The molecule has 0 radical (unpaired) electrons. The minimum absolute atomic E-state index is 0.132. The van der Waals surface area contributed by atoms with Gasteiger partial charge in [0.2, 0.25) is 0 Å². The molecule has 5 heterocycles. The van der Waals surface area contributed by atoms with Crippen molar-refractivity contribution in [1.82, 2.24) is 14.5 Å². The summed E-state index contributed by atoms with van der Waals surface area (Å²) in [6.07, 6.45) is 1.47. The molecule has 1 aromatic carbocycles. The van der Waals surface area contributed by atoms with Gasteiger partial charge in [-0.3, -0.25) is 9.18 Å². The standard InChI is InChI=1S/C29H33FN4O4/c1-4-19-20-11-18(33-10-7-17(14-33)13-32(2)3)5-6-24(20)31-26-21(19)15-34-25(26)12-23-22(27(34)35)16-38-28(36)29(23,37)8-9-30/h5-6,11-12,17,37H,4,7-10,13-16H2,1-3H3. The lowest BCUT2D eigenvalue weighted by atomic mass is 9.85. The number of esters is 1. The molecular weight excluding hydrogens is 487 g/mol. The fraction of sp³-hybridized carbons (Fsp3) is 0.483. The number of cyclic esters (lactones) is 1. The van der Waals surface area contributed by atoms with Crippen molar-refractivity contribution in [3.8, 4) is 11.4 Å². The Bertz CT molecular complexity index is 1520. The Labute approximate surface area is 220 Å². The van der Waals surface area contributed by atoms with E-state index >= 15 is 0 Å². The lowest BCUT2D eigenvalue weighted by Gasteiger charge is -2.32. The summed E-state index contributed by atoms with van der Waals surface area (Å²) in [4.78, 5) is 35.6. The van der Waals surface area contributed by atoms with Crippen molar-refractivity contribution in [3.05, 3.63) is 56.9 Å². The zero-order valence-electron chi connectivity index (χ0n) is 22.1. The SMILES string of the molecule is CCc1c2c(nc3ccc(N4CCC(CN(C)C)C4)cc13)-c1cc3c(c(=O)n1C2)COC(=O)C3(O)CCF. The molecule has 0 saturated carbocycles. The molecule has 1 saturated heterocycles. The van der Waals surface area contributed by atoms with E-state index < -0.39 is 24.7 Å². The Morgan fingerprint density at radius 1 is 1.24 bits per heavy atom. The number of aryl methyl sites for hydroxylation is 1. The monoisotopic (exact) mass is 520 g/mol. The average Bonchev–Trinajstić information content (AvgIpc) is 3.50. The summed E-state index contributed by atoms with van der Waals surface area (Å²) in [6, 6.07) is 8.02. The van der Waals surface area contributed by atoms with Crippen molar-refractivity contribution in [2.75, 3.05) is 45.3 Å². The highest BCUT2D eigenvalue weighted by molar-refractivity contribution is 5.91. The lowest BCUT2D eigenvalue weighted by Crippen LogP contribution is -2.45. The predicted octanol–water partition coefficient (Wildman–Crippen LogP) is 2.98. The minimum Gasteiger partial charge on any atom is -0.458 e. The van der Waals surface area contributed by atoms with Crippen LogP contribution in [0.5, 0.6) is 0 Å². The number of ether oxygens (including phenoxy) is 1. The van der Waals surface area contributed by atoms with Gasteiger partial charge in [-0.2, -0.15) is 0 Å². The van der Waals surface area contributed by atoms with Gasteiger partial charge in [-0.15, -0.1) is 0 Å². The van der Waals surface area contributed by atoms with E-state index in [1.807, 2.05) is 6.07 Å². The van der Waals surface area contributed by atoms with Crippen molar-refractivity contribution in [1.29, 1.82) is 0 Å². The van der Waals surface area contributed by atoms with Crippen molar-refractivity contribution >= 4 is 22.6 Å². The lowest BCUT2D eigenvalue weighted by molar-refractivity contribution is -0.173. The predicted molar refractivity (Wildman–Crippen MR) is 143 cm³/mol. The molecule has 2 aromatic heterocycles. The molecule has 3 aliphatic heterocycles. The molecule has 2 atom stereocenters. The van der Waals surface area contributed by atoms with E-state index in [1.54, 1.807) is 10.6 Å². The van der Waals surface area contributed by atoms with Gasteiger partial charge >= 0.3 is 5.97 Å². The third kappa shape index (κ3) is 3.74. The van der Waals surface area contributed by atoms with Gasteiger partial charge in [0, 0.05) is 48.3 Å². The number of aromatic nitrogens is 2. The highest BCUT2D eigenvalue weighted by Crippen LogP contribution is 2.41.